The number of hydrogen-bond acceptors (Lipinski definition) is 2. The van der Waals surface area contributed by atoms with E-state index >= 15 is 0 Å². The molecule has 0 fully saturated rings. The van der Waals surface area contributed by atoms with Crippen LogP contribution in [0, 0.1) is 5.41 Å². The van der Waals surface area contributed by atoms with E-state index in [1.54, 1.807) is 0 Å². The second kappa shape index (κ2) is 6.36. The molecule has 3 heteroatoms. The lowest BCUT2D eigenvalue weighted by Crippen LogP contribution is -2.31. The van der Waals surface area contributed by atoms with Gasteiger partial charge in [0.25, 0.3) is 0 Å². The molecule has 1 atom stereocenters. The van der Waals surface area contributed by atoms with E-state index in [9.17, 15) is 0 Å². The van der Waals surface area contributed by atoms with Gasteiger partial charge >= 0.3 is 0 Å². The SMILES string of the molecule is CCCC(C)OCCC(C)(C)C(N)=S. The molecule has 0 spiro atoms. The van der Waals surface area contributed by atoms with Crippen molar-refractivity contribution in [3.8, 4) is 0 Å². The highest BCUT2D eigenvalue weighted by Crippen LogP contribution is 2.20. The summed E-state index contributed by atoms with van der Waals surface area (Å²) >= 11 is 4.98. The maximum atomic E-state index is 5.65. The van der Waals surface area contributed by atoms with Crippen LogP contribution >= 0.6 is 12.2 Å². The largest absolute Gasteiger partial charge is 0.393 e. The van der Waals surface area contributed by atoms with Gasteiger partial charge < -0.3 is 10.5 Å². The lowest BCUT2D eigenvalue weighted by atomic mass is 9.90. The zero-order valence-corrected chi connectivity index (χ0v) is 10.6. The molecule has 0 rings (SSSR count). The van der Waals surface area contributed by atoms with Gasteiger partial charge in [0.05, 0.1) is 11.1 Å². The number of rotatable bonds is 7. The quantitative estimate of drug-likeness (QED) is 0.666. The van der Waals surface area contributed by atoms with Crippen LogP contribution in [-0.2, 0) is 4.74 Å². The minimum absolute atomic E-state index is 0.0821. The highest BCUT2D eigenvalue weighted by Gasteiger charge is 2.21. The van der Waals surface area contributed by atoms with Crippen molar-refractivity contribution in [1.82, 2.24) is 0 Å². The van der Waals surface area contributed by atoms with E-state index in [0.29, 0.717) is 11.1 Å². The van der Waals surface area contributed by atoms with Crippen LogP contribution in [0.4, 0.5) is 0 Å². The fourth-order valence-electron chi connectivity index (χ4n) is 1.13. The van der Waals surface area contributed by atoms with E-state index < -0.39 is 0 Å². The molecule has 0 bridgehead atoms. The molecule has 0 amide bonds. The third-order valence-electron chi connectivity index (χ3n) is 2.49. The highest BCUT2D eigenvalue weighted by atomic mass is 32.1. The van der Waals surface area contributed by atoms with Crippen LogP contribution in [0.15, 0.2) is 0 Å². The fraction of sp³-hybridized carbons (Fsp3) is 0.909. The molecule has 2 N–H and O–H groups in total. The molecule has 84 valence electrons. The van der Waals surface area contributed by atoms with Gasteiger partial charge in [-0.05, 0) is 19.8 Å². The summed E-state index contributed by atoms with van der Waals surface area (Å²) in [5, 5.41) is 0. The van der Waals surface area contributed by atoms with E-state index in [2.05, 4.69) is 27.7 Å². The summed E-state index contributed by atoms with van der Waals surface area (Å²) in [7, 11) is 0. The van der Waals surface area contributed by atoms with Crippen molar-refractivity contribution in [2.24, 2.45) is 11.1 Å². The van der Waals surface area contributed by atoms with Gasteiger partial charge in [0, 0.05) is 12.0 Å². The van der Waals surface area contributed by atoms with E-state index in [0.717, 1.165) is 19.4 Å². The molecule has 2 nitrogen and oxygen atoms in total. The molecular weight excluding hydrogens is 194 g/mol. The van der Waals surface area contributed by atoms with E-state index in [-0.39, 0.29) is 5.41 Å². The molecule has 0 radical (unpaired) electrons. The highest BCUT2D eigenvalue weighted by molar-refractivity contribution is 7.80. The molecule has 0 aliphatic heterocycles. The van der Waals surface area contributed by atoms with Crippen molar-refractivity contribution >= 4 is 17.2 Å². The average molecular weight is 217 g/mol. The van der Waals surface area contributed by atoms with Gasteiger partial charge in [-0.1, -0.05) is 39.4 Å². The lowest BCUT2D eigenvalue weighted by molar-refractivity contribution is 0.0488. The van der Waals surface area contributed by atoms with Gasteiger partial charge in [0.1, 0.15) is 0 Å². The zero-order valence-electron chi connectivity index (χ0n) is 9.80. The van der Waals surface area contributed by atoms with E-state index in [1.165, 1.54) is 6.42 Å². The number of nitrogens with two attached hydrogens (primary N) is 1. The van der Waals surface area contributed by atoms with Crippen LogP contribution < -0.4 is 5.73 Å². The Balaban J connectivity index is 3.68. The van der Waals surface area contributed by atoms with E-state index in [1.807, 2.05) is 0 Å². The Morgan fingerprint density at radius 1 is 1.50 bits per heavy atom. The normalized spacial score (nSPS) is 14.0. The van der Waals surface area contributed by atoms with Crippen LogP contribution in [0.5, 0.6) is 0 Å². The molecule has 0 aromatic carbocycles. The topological polar surface area (TPSA) is 35.2 Å². The summed E-state index contributed by atoms with van der Waals surface area (Å²) in [4.78, 5) is 0.573. The summed E-state index contributed by atoms with van der Waals surface area (Å²) in [5.41, 5.74) is 5.54. The van der Waals surface area contributed by atoms with Gasteiger partial charge in [0.15, 0.2) is 0 Å². The molecule has 0 saturated carbocycles. The molecule has 0 heterocycles. The van der Waals surface area contributed by atoms with Crippen LogP contribution in [0.2, 0.25) is 0 Å². The van der Waals surface area contributed by atoms with Crippen LogP contribution in [-0.4, -0.2) is 17.7 Å². The Morgan fingerprint density at radius 2 is 2.07 bits per heavy atom. The van der Waals surface area contributed by atoms with Gasteiger partial charge in [0.2, 0.25) is 0 Å². The first-order chi connectivity index (χ1) is 6.40. The molecule has 0 aromatic heterocycles. The molecule has 0 aliphatic carbocycles. The van der Waals surface area contributed by atoms with Crippen LogP contribution in [0.3, 0.4) is 0 Å². The summed E-state index contributed by atoms with van der Waals surface area (Å²) in [5.74, 6) is 0. The summed E-state index contributed by atoms with van der Waals surface area (Å²) < 4.78 is 5.65. The first-order valence-corrected chi connectivity index (χ1v) is 5.72. The second-order valence-electron chi connectivity index (χ2n) is 4.47. The molecular formula is C11H23NOS. The second-order valence-corrected chi connectivity index (χ2v) is 4.91. The summed E-state index contributed by atoms with van der Waals surface area (Å²) in [6, 6.07) is 0. The number of thiocarbonyl (C=S) groups is 1. The standard InChI is InChI=1S/C11H23NOS/c1-5-6-9(2)13-8-7-11(3,4)10(12)14/h9H,5-8H2,1-4H3,(H2,12,14). The third kappa shape index (κ3) is 5.55. The predicted octanol–water partition coefficient (Wildman–Crippen LogP) is 2.89. The number of ether oxygens (including phenoxy) is 1. The smallest absolute Gasteiger partial charge is 0.0785 e. The minimum Gasteiger partial charge on any atom is -0.393 e. The van der Waals surface area contributed by atoms with E-state index in [4.69, 9.17) is 22.7 Å². The molecule has 0 aliphatic rings. The first-order valence-electron chi connectivity index (χ1n) is 5.31. The van der Waals surface area contributed by atoms with Crippen molar-refractivity contribution in [3.63, 3.8) is 0 Å². The van der Waals surface area contributed by atoms with Crippen LogP contribution in [0.1, 0.15) is 47.0 Å². The summed E-state index contributed by atoms with van der Waals surface area (Å²) in [6.45, 7) is 9.13. The van der Waals surface area contributed by atoms with Gasteiger partial charge in [-0.3, -0.25) is 0 Å². The van der Waals surface area contributed by atoms with Crippen molar-refractivity contribution in [3.05, 3.63) is 0 Å². The number of hydrogen-bond donors (Lipinski definition) is 1. The first kappa shape index (κ1) is 13.8. The zero-order chi connectivity index (χ0) is 11.2. The van der Waals surface area contributed by atoms with Crippen molar-refractivity contribution in [1.29, 1.82) is 0 Å². The minimum atomic E-state index is -0.0821. The Kier molecular flexibility index (Phi) is 6.29. The molecule has 0 saturated heterocycles. The lowest BCUT2D eigenvalue weighted by Gasteiger charge is -2.23. The fourth-order valence-corrected chi connectivity index (χ4v) is 1.23. The Labute approximate surface area is 93.2 Å². The Bertz CT molecular complexity index is 180. The van der Waals surface area contributed by atoms with Gasteiger partial charge in [-0.2, -0.15) is 0 Å². The van der Waals surface area contributed by atoms with Gasteiger partial charge in [-0.25, -0.2) is 0 Å². The van der Waals surface area contributed by atoms with Gasteiger partial charge in [-0.15, -0.1) is 0 Å². The Hall–Kier alpha value is -0.150. The predicted molar refractivity (Wildman–Crippen MR) is 65.5 cm³/mol. The average Bonchev–Trinajstić information content (AvgIpc) is 2.04. The van der Waals surface area contributed by atoms with Crippen molar-refractivity contribution in [2.75, 3.05) is 6.61 Å². The van der Waals surface area contributed by atoms with Crippen molar-refractivity contribution < 1.29 is 4.74 Å². The summed E-state index contributed by atoms with van der Waals surface area (Å²) in [6.07, 6.45) is 3.53. The maximum absolute atomic E-state index is 5.65. The van der Waals surface area contributed by atoms with Crippen molar-refractivity contribution in [2.45, 2.75) is 53.1 Å². The molecule has 0 aromatic rings. The van der Waals surface area contributed by atoms with Crippen LogP contribution in [0.25, 0.3) is 0 Å². The monoisotopic (exact) mass is 217 g/mol. The maximum Gasteiger partial charge on any atom is 0.0785 e. The third-order valence-corrected chi connectivity index (χ3v) is 3.04. The molecule has 1 unspecified atom stereocenters. The molecule has 14 heavy (non-hydrogen) atoms. The Morgan fingerprint density at radius 3 is 2.50 bits per heavy atom.